The van der Waals surface area contributed by atoms with Gasteiger partial charge < -0.3 is 9.47 Å². The largest absolute Gasteiger partial charge is 0.491 e. The van der Waals surface area contributed by atoms with E-state index in [1.54, 1.807) is 6.07 Å². The molecule has 3 aromatic carbocycles. The van der Waals surface area contributed by atoms with Crippen LogP contribution in [0.4, 0.5) is 13.2 Å². The van der Waals surface area contributed by atoms with E-state index in [2.05, 4.69) is 4.98 Å². The van der Waals surface area contributed by atoms with Crippen LogP contribution in [0.5, 0.6) is 11.5 Å². The number of hydrogen-bond acceptors (Lipinski definition) is 3. The summed E-state index contributed by atoms with van der Waals surface area (Å²) in [5, 5.41) is 0.625. The maximum absolute atomic E-state index is 13.9. The smallest absolute Gasteiger partial charge is 0.167 e. The third-order valence-corrected chi connectivity index (χ3v) is 5.34. The molecule has 1 aromatic heterocycles. The first-order chi connectivity index (χ1) is 16.5. The molecule has 0 amide bonds. The molecule has 1 heterocycles. The zero-order valence-corrected chi connectivity index (χ0v) is 18.7. The van der Waals surface area contributed by atoms with Gasteiger partial charge in [-0.05, 0) is 61.7 Å². The zero-order valence-electron chi connectivity index (χ0n) is 18.7. The van der Waals surface area contributed by atoms with E-state index in [4.69, 9.17) is 9.47 Å². The van der Waals surface area contributed by atoms with Gasteiger partial charge in [0, 0.05) is 17.0 Å². The number of aromatic nitrogens is 1. The Balaban J connectivity index is 1.45. The van der Waals surface area contributed by atoms with E-state index in [0.717, 1.165) is 29.0 Å². The van der Waals surface area contributed by atoms with Crippen LogP contribution in [0.3, 0.4) is 0 Å². The number of rotatable bonds is 9. The lowest BCUT2D eigenvalue weighted by atomic mass is 10.1. The minimum atomic E-state index is -0.717. The van der Waals surface area contributed by atoms with Gasteiger partial charge in [0.25, 0.3) is 0 Å². The second kappa shape index (κ2) is 10.9. The Kier molecular flexibility index (Phi) is 7.48. The monoisotopic (exact) mass is 463 g/mol. The molecule has 0 aliphatic heterocycles. The molecule has 0 saturated heterocycles. The third kappa shape index (κ3) is 5.76. The highest BCUT2D eigenvalue weighted by Crippen LogP contribution is 2.32. The minimum Gasteiger partial charge on any atom is -0.491 e. The quantitative estimate of drug-likeness (QED) is 0.242. The molecule has 0 aliphatic carbocycles. The normalized spacial score (nSPS) is 11.3. The van der Waals surface area contributed by atoms with Crippen LogP contribution in [0.25, 0.3) is 17.0 Å². The number of halogens is 3. The van der Waals surface area contributed by atoms with Crippen molar-refractivity contribution in [2.75, 3.05) is 6.61 Å². The molecule has 0 atom stereocenters. The molecule has 0 bridgehead atoms. The van der Waals surface area contributed by atoms with Crippen molar-refractivity contribution in [1.29, 1.82) is 0 Å². The van der Waals surface area contributed by atoms with Gasteiger partial charge in [0.1, 0.15) is 24.0 Å². The van der Waals surface area contributed by atoms with E-state index >= 15 is 0 Å². The van der Waals surface area contributed by atoms with Crippen LogP contribution >= 0.6 is 0 Å². The number of hydrogen-bond donors (Lipinski definition) is 0. The summed E-state index contributed by atoms with van der Waals surface area (Å²) in [6, 6.07) is 17.5. The van der Waals surface area contributed by atoms with Crippen LogP contribution in [-0.4, -0.2) is 11.6 Å². The van der Waals surface area contributed by atoms with Crippen LogP contribution in [-0.2, 0) is 6.61 Å². The Morgan fingerprint density at radius 3 is 2.44 bits per heavy atom. The Labute approximate surface area is 196 Å². The van der Waals surface area contributed by atoms with Gasteiger partial charge >= 0.3 is 0 Å². The number of ether oxygens (including phenoxy) is 2. The molecule has 3 nitrogen and oxygen atoms in total. The lowest BCUT2D eigenvalue weighted by Gasteiger charge is -2.14. The summed E-state index contributed by atoms with van der Waals surface area (Å²) < 4.78 is 52.1. The second-order valence-corrected chi connectivity index (χ2v) is 7.85. The number of unbranched alkanes of at least 4 members (excludes halogenated alkanes) is 1. The Morgan fingerprint density at radius 1 is 0.882 bits per heavy atom. The molecule has 0 N–H and O–H groups in total. The molecular formula is C28H24F3NO2. The molecule has 0 aliphatic rings. The maximum atomic E-state index is 13.9. The van der Waals surface area contributed by atoms with Gasteiger partial charge in [0.15, 0.2) is 11.6 Å². The summed E-state index contributed by atoms with van der Waals surface area (Å²) in [7, 11) is 0. The summed E-state index contributed by atoms with van der Waals surface area (Å²) in [5.41, 5.74) is 3.20. The van der Waals surface area contributed by atoms with Crippen LogP contribution in [0.1, 0.15) is 29.7 Å². The topological polar surface area (TPSA) is 31.4 Å². The van der Waals surface area contributed by atoms with E-state index in [-0.39, 0.29) is 11.6 Å². The predicted molar refractivity (Wildman–Crippen MR) is 127 cm³/mol. The van der Waals surface area contributed by atoms with Gasteiger partial charge in [-0.1, -0.05) is 36.4 Å². The van der Waals surface area contributed by atoms with Crippen molar-refractivity contribution in [3.8, 4) is 11.5 Å². The van der Waals surface area contributed by atoms with E-state index in [0.29, 0.717) is 42.7 Å². The van der Waals surface area contributed by atoms with Gasteiger partial charge in [-0.25, -0.2) is 18.2 Å². The molecule has 174 valence electrons. The fourth-order valence-electron chi connectivity index (χ4n) is 3.57. The average Bonchev–Trinajstić information content (AvgIpc) is 2.83. The molecule has 0 fully saturated rings. The second-order valence-electron chi connectivity index (χ2n) is 7.85. The van der Waals surface area contributed by atoms with Gasteiger partial charge in [0.05, 0.1) is 17.8 Å². The van der Waals surface area contributed by atoms with Crippen LogP contribution in [0, 0.1) is 24.4 Å². The summed E-state index contributed by atoms with van der Waals surface area (Å²) in [5.74, 6) is -1.07. The summed E-state index contributed by atoms with van der Waals surface area (Å²) in [4.78, 5) is 4.67. The van der Waals surface area contributed by atoms with Crippen molar-refractivity contribution >= 4 is 17.0 Å². The molecule has 0 spiro atoms. The first kappa shape index (κ1) is 23.4. The van der Waals surface area contributed by atoms with Gasteiger partial charge in [0.2, 0.25) is 0 Å². The molecule has 4 rings (SSSR count). The standard InChI is InChI=1S/C28H24F3NO2/c1-19-25(10-6-3-7-15-33-27-14-12-22(30)17-24(27)31)32-26-13-11-21(29)16-23(26)28(19)34-18-20-8-4-2-5-9-20/h2,4-6,8-14,16-17H,3,7,15,18H2,1H3. The molecular weight excluding hydrogens is 439 g/mol. The molecule has 0 radical (unpaired) electrons. The van der Waals surface area contributed by atoms with E-state index in [9.17, 15) is 13.2 Å². The number of fused-ring (bicyclic) bond motifs is 1. The molecule has 34 heavy (non-hydrogen) atoms. The highest BCUT2D eigenvalue weighted by atomic mass is 19.1. The summed E-state index contributed by atoms with van der Waals surface area (Å²) >= 11 is 0. The SMILES string of the molecule is Cc1c(C=CCCCOc2ccc(F)cc2F)nc2ccc(F)cc2c1OCc1ccccc1. The van der Waals surface area contributed by atoms with E-state index in [1.165, 1.54) is 18.2 Å². The highest BCUT2D eigenvalue weighted by Gasteiger charge is 2.13. The number of nitrogens with zero attached hydrogens (tertiary/aromatic N) is 1. The maximum Gasteiger partial charge on any atom is 0.167 e. The number of allylic oxidation sites excluding steroid dienone is 1. The van der Waals surface area contributed by atoms with Crippen molar-refractivity contribution in [3.63, 3.8) is 0 Å². The van der Waals surface area contributed by atoms with Gasteiger partial charge in [-0.15, -0.1) is 0 Å². The van der Waals surface area contributed by atoms with Crippen LogP contribution in [0.15, 0.2) is 72.8 Å². The molecule has 6 heteroatoms. The Bertz CT molecular complexity index is 1310. The van der Waals surface area contributed by atoms with Gasteiger partial charge in [-0.3, -0.25) is 0 Å². The zero-order chi connectivity index (χ0) is 23.9. The average molecular weight is 463 g/mol. The lowest BCUT2D eigenvalue weighted by Crippen LogP contribution is -2.01. The van der Waals surface area contributed by atoms with Crippen molar-refractivity contribution in [1.82, 2.24) is 4.98 Å². The van der Waals surface area contributed by atoms with Crippen molar-refractivity contribution in [2.45, 2.75) is 26.4 Å². The number of benzene rings is 3. The summed E-state index contributed by atoms with van der Waals surface area (Å²) in [6.07, 6.45) is 5.16. The third-order valence-electron chi connectivity index (χ3n) is 5.34. The van der Waals surface area contributed by atoms with Crippen molar-refractivity contribution in [2.24, 2.45) is 0 Å². The molecule has 0 saturated carbocycles. The predicted octanol–water partition coefficient (Wildman–Crippen LogP) is 7.41. The first-order valence-corrected chi connectivity index (χ1v) is 11.0. The molecule has 4 aromatic rings. The van der Waals surface area contributed by atoms with Crippen LogP contribution < -0.4 is 9.47 Å². The fourth-order valence-corrected chi connectivity index (χ4v) is 3.57. The Morgan fingerprint density at radius 2 is 1.65 bits per heavy atom. The van der Waals surface area contributed by atoms with E-state index < -0.39 is 11.6 Å². The Hall–Kier alpha value is -3.80. The minimum absolute atomic E-state index is 0.0323. The van der Waals surface area contributed by atoms with Gasteiger partial charge in [-0.2, -0.15) is 0 Å². The highest BCUT2D eigenvalue weighted by molar-refractivity contribution is 5.88. The van der Waals surface area contributed by atoms with E-state index in [1.807, 2.05) is 49.4 Å². The van der Waals surface area contributed by atoms with Crippen molar-refractivity contribution in [3.05, 3.63) is 107 Å². The number of pyridine rings is 1. The molecule has 0 unspecified atom stereocenters. The summed E-state index contributed by atoms with van der Waals surface area (Å²) in [6.45, 7) is 2.55. The fraction of sp³-hybridized carbons (Fsp3) is 0.179. The first-order valence-electron chi connectivity index (χ1n) is 11.0. The lowest BCUT2D eigenvalue weighted by molar-refractivity contribution is 0.295. The van der Waals surface area contributed by atoms with Crippen molar-refractivity contribution < 1.29 is 22.6 Å². The van der Waals surface area contributed by atoms with Crippen LogP contribution in [0.2, 0.25) is 0 Å².